The van der Waals surface area contributed by atoms with Crippen molar-refractivity contribution in [1.82, 2.24) is 0 Å². The first-order valence-electron chi connectivity index (χ1n) is 7.02. The minimum Gasteiger partial charge on any atom is -0.504 e. The normalized spacial score (nSPS) is 12.7. The zero-order valence-electron chi connectivity index (χ0n) is 12.0. The van der Waals surface area contributed by atoms with Gasteiger partial charge in [-0.25, -0.2) is 0 Å². The van der Waals surface area contributed by atoms with E-state index in [1.807, 2.05) is 19.9 Å². The van der Waals surface area contributed by atoms with Gasteiger partial charge in [0.15, 0.2) is 5.75 Å². The van der Waals surface area contributed by atoms with Crippen LogP contribution in [0.2, 0.25) is 0 Å². The molecule has 0 spiro atoms. The van der Waals surface area contributed by atoms with Crippen LogP contribution in [0.5, 0.6) is 5.75 Å². The minimum atomic E-state index is -0.772. The Hall–Kier alpha value is -1.35. The average Bonchev–Trinajstić information content (AvgIpc) is 2.50. The summed E-state index contributed by atoms with van der Waals surface area (Å²) in [5.74, 6) is -0.111. The molecule has 0 saturated carbocycles. The molecule has 106 valence electrons. The van der Waals surface area contributed by atoms with E-state index in [-0.39, 0.29) is 11.7 Å². The maximum atomic E-state index is 11.8. The van der Waals surface area contributed by atoms with Crippen LogP contribution in [0.25, 0.3) is 0 Å². The molecule has 1 atom stereocenters. The van der Waals surface area contributed by atoms with Crippen LogP contribution in [0.3, 0.4) is 0 Å². The van der Waals surface area contributed by atoms with Crippen LogP contribution in [0.15, 0.2) is 23.0 Å². The Labute approximate surface area is 114 Å². The highest BCUT2D eigenvalue weighted by atomic mass is 16.3. The third kappa shape index (κ3) is 4.35. The number of hydrogen-bond donors (Lipinski definition) is 2. The summed E-state index contributed by atoms with van der Waals surface area (Å²) in [5, 5.41) is 20.0. The van der Waals surface area contributed by atoms with E-state index in [4.69, 9.17) is 0 Å². The molecular weight excluding hydrogens is 240 g/mol. The summed E-state index contributed by atoms with van der Waals surface area (Å²) in [6.45, 7) is 6.07. The van der Waals surface area contributed by atoms with Gasteiger partial charge in [-0.1, -0.05) is 52.2 Å². The Morgan fingerprint density at radius 2 is 1.89 bits per heavy atom. The predicted octanol–water partition coefficient (Wildman–Crippen LogP) is 3.49. The molecule has 1 unspecified atom stereocenters. The van der Waals surface area contributed by atoms with Crippen molar-refractivity contribution in [3.05, 3.63) is 39.5 Å². The van der Waals surface area contributed by atoms with Crippen molar-refractivity contribution in [3.8, 4) is 5.75 Å². The largest absolute Gasteiger partial charge is 0.504 e. The zero-order valence-corrected chi connectivity index (χ0v) is 12.0. The van der Waals surface area contributed by atoms with E-state index in [9.17, 15) is 15.0 Å². The number of hydrogen-bond acceptors (Lipinski definition) is 3. The van der Waals surface area contributed by atoms with Crippen LogP contribution in [-0.2, 0) is 0 Å². The van der Waals surface area contributed by atoms with Gasteiger partial charge in [-0.2, -0.15) is 0 Å². The lowest BCUT2D eigenvalue weighted by Gasteiger charge is -2.10. The van der Waals surface area contributed by atoms with Gasteiger partial charge in [0.25, 0.3) is 0 Å². The Kier molecular flexibility index (Phi) is 6.03. The van der Waals surface area contributed by atoms with Gasteiger partial charge in [0, 0.05) is 5.56 Å². The quantitative estimate of drug-likeness (QED) is 0.773. The van der Waals surface area contributed by atoms with E-state index in [0.29, 0.717) is 12.0 Å². The predicted molar refractivity (Wildman–Crippen MR) is 77.6 cm³/mol. The van der Waals surface area contributed by atoms with Crippen molar-refractivity contribution >= 4 is 0 Å². The summed E-state index contributed by atoms with van der Waals surface area (Å²) in [5.41, 5.74) is 0.790. The number of aliphatic hydroxyl groups is 1. The monoisotopic (exact) mass is 264 g/mol. The van der Waals surface area contributed by atoms with Gasteiger partial charge in [0.1, 0.15) is 0 Å². The zero-order chi connectivity index (χ0) is 14.4. The first-order chi connectivity index (χ1) is 8.97. The van der Waals surface area contributed by atoms with Crippen LogP contribution in [0.4, 0.5) is 0 Å². The maximum absolute atomic E-state index is 11.8. The van der Waals surface area contributed by atoms with Gasteiger partial charge in [-0.3, -0.25) is 4.79 Å². The molecule has 0 saturated heterocycles. The Morgan fingerprint density at radius 1 is 1.21 bits per heavy atom. The molecule has 19 heavy (non-hydrogen) atoms. The van der Waals surface area contributed by atoms with Gasteiger partial charge in [-0.05, 0) is 24.0 Å². The van der Waals surface area contributed by atoms with E-state index in [1.165, 1.54) is 6.07 Å². The van der Waals surface area contributed by atoms with E-state index in [2.05, 4.69) is 6.92 Å². The summed E-state index contributed by atoms with van der Waals surface area (Å²) in [7, 11) is 0. The molecule has 1 rings (SSSR count). The molecule has 2 N–H and O–H groups in total. The Balaban J connectivity index is 3.05. The lowest BCUT2D eigenvalue weighted by atomic mass is 10.0. The first-order valence-corrected chi connectivity index (χ1v) is 7.02. The molecule has 0 aromatic heterocycles. The molecule has 0 aliphatic carbocycles. The van der Waals surface area contributed by atoms with Crippen molar-refractivity contribution in [1.29, 1.82) is 0 Å². The van der Waals surface area contributed by atoms with Crippen molar-refractivity contribution in [3.63, 3.8) is 0 Å². The molecule has 0 aliphatic rings. The van der Waals surface area contributed by atoms with Crippen LogP contribution < -0.4 is 5.43 Å². The summed E-state index contributed by atoms with van der Waals surface area (Å²) in [4.78, 5) is 11.8. The molecule has 0 amide bonds. The molecule has 0 bridgehead atoms. The van der Waals surface area contributed by atoms with Crippen LogP contribution in [-0.4, -0.2) is 10.2 Å². The number of aliphatic hydroxyl groups excluding tert-OH is 1. The molecule has 1 aromatic rings. The highest BCUT2D eigenvalue weighted by Crippen LogP contribution is 2.25. The van der Waals surface area contributed by atoms with Crippen LogP contribution >= 0.6 is 0 Å². The molecule has 1 aromatic carbocycles. The summed E-state index contributed by atoms with van der Waals surface area (Å²) in [6, 6.07) is 4.93. The van der Waals surface area contributed by atoms with Gasteiger partial charge in [0.05, 0.1) is 6.10 Å². The molecule has 0 heterocycles. The number of rotatable bonds is 6. The third-order valence-corrected chi connectivity index (χ3v) is 3.37. The molecule has 3 nitrogen and oxygen atoms in total. The second kappa shape index (κ2) is 7.29. The van der Waals surface area contributed by atoms with Crippen LogP contribution in [0, 0.1) is 0 Å². The van der Waals surface area contributed by atoms with Crippen molar-refractivity contribution in [2.24, 2.45) is 0 Å². The average molecular weight is 264 g/mol. The SMILES string of the molecule is CCCCCC(O)c1ccc(C(C)C)cc(=O)c1O. The van der Waals surface area contributed by atoms with Crippen molar-refractivity contribution in [2.45, 2.75) is 58.5 Å². The first kappa shape index (κ1) is 15.7. The van der Waals surface area contributed by atoms with Gasteiger partial charge >= 0.3 is 0 Å². The summed E-state index contributed by atoms with van der Waals surface area (Å²) >= 11 is 0. The molecule has 0 radical (unpaired) electrons. The number of aromatic hydroxyl groups is 1. The second-order valence-corrected chi connectivity index (χ2v) is 5.31. The summed E-state index contributed by atoms with van der Waals surface area (Å²) < 4.78 is 0. The van der Waals surface area contributed by atoms with Crippen molar-refractivity contribution in [2.75, 3.05) is 0 Å². The third-order valence-electron chi connectivity index (χ3n) is 3.37. The van der Waals surface area contributed by atoms with Gasteiger partial charge in [0.2, 0.25) is 5.43 Å². The van der Waals surface area contributed by atoms with Crippen LogP contribution in [0.1, 0.15) is 69.6 Å². The van der Waals surface area contributed by atoms with Gasteiger partial charge < -0.3 is 10.2 Å². The van der Waals surface area contributed by atoms with E-state index in [0.717, 1.165) is 24.8 Å². The second-order valence-electron chi connectivity index (χ2n) is 5.31. The Bertz CT molecular complexity index is 466. The standard InChI is InChI=1S/C16H24O3/c1-4-5-6-7-14(17)13-9-8-12(11(2)3)10-15(18)16(13)19/h8-11,14,17H,4-7H2,1-3H3,(H,18,19). The highest BCUT2D eigenvalue weighted by Gasteiger charge is 2.14. The fraction of sp³-hybridized carbons (Fsp3) is 0.562. The summed E-state index contributed by atoms with van der Waals surface area (Å²) in [6.07, 6.45) is 2.80. The lowest BCUT2D eigenvalue weighted by Crippen LogP contribution is -2.03. The fourth-order valence-corrected chi connectivity index (χ4v) is 2.05. The van der Waals surface area contributed by atoms with Gasteiger partial charge in [-0.15, -0.1) is 0 Å². The highest BCUT2D eigenvalue weighted by molar-refractivity contribution is 5.35. The Morgan fingerprint density at radius 3 is 2.47 bits per heavy atom. The fourth-order valence-electron chi connectivity index (χ4n) is 2.05. The topological polar surface area (TPSA) is 57.5 Å². The molecule has 3 heteroatoms. The molecule has 0 aliphatic heterocycles. The van der Waals surface area contributed by atoms with E-state index < -0.39 is 11.5 Å². The maximum Gasteiger partial charge on any atom is 0.220 e. The lowest BCUT2D eigenvalue weighted by molar-refractivity contribution is 0.160. The van der Waals surface area contributed by atoms with E-state index >= 15 is 0 Å². The minimum absolute atomic E-state index is 0.213. The number of unbranched alkanes of at least 4 members (excludes halogenated alkanes) is 2. The molecule has 0 fully saturated rings. The van der Waals surface area contributed by atoms with Crippen molar-refractivity contribution < 1.29 is 10.2 Å². The molecular formula is C16H24O3. The smallest absolute Gasteiger partial charge is 0.220 e. The van der Waals surface area contributed by atoms with E-state index in [1.54, 1.807) is 6.07 Å².